The molecule has 0 aromatic carbocycles. The predicted molar refractivity (Wildman–Crippen MR) is 125 cm³/mol. The molecule has 17 nitrogen and oxygen atoms in total. The van der Waals surface area contributed by atoms with E-state index in [0.29, 0.717) is 0 Å². The van der Waals surface area contributed by atoms with E-state index in [9.17, 15) is 39.6 Å². The number of carbonyl (C=O) groups is 1. The van der Waals surface area contributed by atoms with E-state index in [1.165, 1.54) is 16.8 Å². The van der Waals surface area contributed by atoms with Crippen LogP contribution >= 0.6 is 12.2 Å². The van der Waals surface area contributed by atoms with E-state index in [1.54, 1.807) is 0 Å². The Morgan fingerprint density at radius 3 is 1.87 bits per heavy atom. The number of hydrogen-bond acceptors (Lipinski definition) is 13. The summed E-state index contributed by atoms with van der Waals surface area (Å²) in [6.07, 6.45) is -7.87. The Kier molecular flexibility index (Phi) is 9.46. The third kappa shape index (κ3) is 6.14. The second-order valence-electron chi connectivity index (χ2n) is 8.37. The molecule has 2 fully saturated rings. The van der Waals surface area contributed by atoms with Crippen molar-refractivity contribution in [3.05, 3.63) is 60.0 Å². The van der Waals surface area contributed by atoms with Crippen LogP contribution in [0.2, 0.25) is 0 Å². The highest BCUT2D eigenvalue weighted by Crippen LogP contribution is 2.29. The number of nitrogens with one attached hydrogen (secondary N) is 2. The maximum absolute atomic E-state index is 11.7. The first-order chi connectivity index (χ1) is 17.9. The van der Waals surface area contributed by atoms with E-state index in [2.05, 4.69) is 4.98 Å². The van der Waals surface area contributed by atoms with Gasteiger partial charge in [0.2, 0.25) is 0 Å². The van der Waals surface area contributed by atoms with E-state index in [0.717, 1.165) is 10.8 Å². The maximum atomic E-state index is 11.7. The lowest BCUT2D eigenvalue weighted by atomic mass is 10.1. The van der Waals surface area contributed by atoms with Gasteiger partial charge < -0.3 is 45.2 Å². The number of aliphatic hydroxyl groups excluding tert-OH is 6. The van der Waals surface area contributed by atoms with Crippen molar-refractivity contribution < 1.29 is 50.0 Å². The largest absolute Gasteiger partial charge is 0.481 e. The Morgan fingerprint density at radius 1 is 0.895 bits per heavy atom. The summed E-state index contributed by atoms with van der Waals surface area (Å²) in [7, 11) is 0. The Hall–Kier alpha value is -3.07. The van der Waals surface area contributed by atoms with Crippen molar-refractivity contribution >= 4 is 18.2 Å². The maximum Gasteiger partial charge on any atom is 0.330 e. The first-order valence-corrected chi connectivity index (χ1v) is 11.4. The minimum atomic E-state index is -1.51. The highest BCUT2D eigenvalue weighted by molar-refractivity contribution is 7.71. The van der Waals surface area contributed by atoms with E-state index < -0.39 is 85.9 Å². The molecule has 0 aliphatic carbocycles. The van der Waals surface area contributed by atoms with Crippen LogP contribution in [-0.2, 0) is 20.7 Å². The molecule has 2 aliphatic rings. The van der Waals surface area contributed by atoms with Crippen molar-refractivity contribution in [1.82, 2.24) is 19.1 Å². The van der Waals surface area contributed by atoms with Crippen LogP contribution in [0.4, 0.5) is 0 Å². The molecule has 2 aromatic rings. The zero-order chi connectivity index (χ0) is 28.3. The summed E-state index contributed by atoms with van der Waals surface area (Å²) in [4.78, 5) is 49.2. The molecule has 2 aliphatic heterocycles. The molecular formula is C20H26N4O13S. The van der Waals surface area contributed by atoms with Gasteiger partial charge in [0, 0.05) is 24.0 Å². The van der Waals surface area contributed by atoms with Gasteiger partial charge in [0.25, 0.3) is 11.1 Å². The van der Waals surface area contributed by atoms with Gasteiger partial charge in [0.1, 0.15) is 36.6 Å². The summed E-state index contributed by atoms with van der Waals surface area (Å²) in [6.45, 7) is -0.986. The Labute approximate surface area is 216 Å². The van der Waals surface area contributed by atoms with Gasteiger partial charge in [0.05, 0.1) is 19.6 Å². The van der Waals surface area contributed by atoms with Crippen molar-refractivity contribution in [2.75, 3.05) is 13.2 Å². The number of aliphatic carboxylic acids is 1. The summed E-state index contributed by atoms with van der Waals surface area (Å²) in [6, 6.07) is 1.23. The first kappa shape index (κ1) is 29.5. The average Bonchev–Trinajstić information content (AvgIpc) is 3.31. The van der Waals surface area contributed by atoms with Gasteiger partial charge in [-0.05, 0) is 12.2 Å². The molecule has 0 spiro atoms. The molecular weight excluding hydrogens is 536 g/mol. The smallest absolute Gasteiger partial charge is 0.330 e. The standard InChI is InChI=1S/C11H14N2O8.C9H12N2O5S/c14-3-5-7(17)8(18)10(21-5)13-2-4(1-6(15)16)9(19)12-11(13)20;12-3-4-6(14)7(15)8(16-4)11-2-1-5(13)10-9(11)17/h2,5,7-8,10,14,17-18H,1,3H2,(H,15,16)(H,12,19,20);1-2,4,6-8,12,14-15H,3H2,(H,10,13,17)/t5-,7-,8-,10-;4-,6-,7-,8-/m11/s1. The van der Waals surface area contributed by atoms with Crippen molar-refractivity contribution in [3.63, 3.8) is 0 Å². The summed E-state index contributed by atoms with van der Waals surface area (Å²) < 4.78 is 12.6. The number of rotatable bonds is 6. The van der Waals surface area contributed by atoms with Gasteiger partial charge in [-0.2, -0.15) is 0 Å². The lowest BCUT2D eigenvalue weighted by Gasteiger charge is -2.17. The molecule has 0 radical (unpaired) electrons. The van der Waals surface area contributed by atoms with Crippen LogP contribution < -0.4 is 16.8 Å². The molecule has 4 heterocycles. The molecule has 8 atom stereocenters. The number of aromatic amines is 2. The zero-order valence-corrected chi connectivity index (χ0v) is 20.2. The third-order valence-corrected chi connectivity index (χ3v) is 6.13. The number of nitrogens with zero attached hydrogens (tertiary/aromatic N) is 2. The van der Waals surface area contributed by atoms with Crippen LogP contribution in [-0.4, -0.2) is 111 Å². The monoisotopic (exact) mass is 562 g/mol. The Balaban J connectivity index is 0.000000215. The van der Waals surface area contributed by atoms with E-state index in [4.69, 9.17) is 37.0 Å². The zero-order valence-electron chi connectivity index (χ0n) is 19.4. The normalized spacial score (nSPS) is 30.6. The summed E-state index contributed by atoms with van der Waals surface area (Å²) in [5.74, 6) is -1.27. The second kappa shape index (κ2) is 12.2. The van der Waals surface area contributed by atoms with Gasteiger partial charge >= 0.3 is 11.7 Å². The number of aromatic nitrogens is 4. The Bertz CT molecular complexity index is 1370. The summed E-state index contributed by atoms with van der Waals surface area (Å²) in [5.41, 5.74) is -2.35. The Morgan fingerprint density at radius 2 is 1.42 bits per heavy atom. The summed E-state index contributed by atoms with van der Waals surface area (Å²) in [5, 5.41) is 65.4. The molecule has 0 bridgehead atoms. The van der Waals surface area contributed by atoms with Crippen LogP contribution in [0.25, 0.3) is 0 Å². The molecule has 2 aromatic heterocycles. The van der Waals surface area contributed by atoms with Gasteiger partial charge in [0.15, 0.2) is 17.2 Å². The molecule has 0 amide bonds. The number of carboxylic acids is 1. The SMILES string of the molecule is O=C(O)Cc1cn([C@@H]2O[C@H](CO)[C@@H](O)[C@H]2O)c(=O)[nH]c1=O.O=c1ccn([C@@H]2O[C@H](CO)[C@@H](O)[C@H]2O)c(=S)[nH]1. The predicted octanol–water partition coefficient (Wildman–Crippen LogP) is -4.71. The van der Waals surface area contributed by atoms with Gasteiger partial charge in [-0.1, -0.05) is 0 Å². The topological polar surface area (TPSA) is 270 Å². The minimum Gasteiger partial charge on any atom is -0.481 e. The molecule has 18 heteroatoms. The average molecular weight is 563 g/mol. The van der Waals surface area contributed by atoms with Crippen LogP contribution in [0.5, 0.6) is 0 Å². The number of aliphatic hydroxyl groups is 6. The second-order valence-corrected chi connectivity index (χ2v) is 8.75. The molecule has 0 unspecified atom stereocenters. The van der Waals surface area contributed by atoms with Crippen molar-refractivity contribution in [3.8, 4) is 0 Å². The number of ether oxygens (including phenoxy) is 2. The highest BCUT2D eigenvalue weighted by atomic mass is 32.1. The number of hydrogen-bond donors (Lipinski definition) is 9. The van der Waals surface area contributed by atoms with E-state index >= 15 is 0 Å². The van der Waals surface area contributed by atoms with Crippen LogP contribution in [0, 0.1) is 4.77 Å². The molecule has 4 rings (SSSR count). The van der Waals surface area contributed by atoms with Gasteiger partial charge in [-0.15, -0.1) is 0 Å². The fraction of sp³-hybridized carbons (Fsp3) is 0.550. The van der Waals surface area contributed by atoms with Crippen LogP contribution in [0.15, 0.2) is 32.8 Å². The van der Waals surface area contributed by atoms with E-state index in [1.807, 2.05) is 4.98 Å². The van der Waals surface area contributed by atoms with Crippen molar-refractivity contribution in [2.45, 2.75) is 55.5 Å². The minimum absolute atomic E-state index is 0.0762. The summed E-state index contributed by atoms with van der Waals surface area (Å²) >= 11 is 4.91. The lowest BCUT2D eigenvalue weighted by molar-refractivity contribution is -0.136. The fourth-order valence-electron chi connectivity index (χ4n) is 3.85. The number of H-pyrrole nitrogens is 2. The van der Waals surface area contributed by atoms with Crippen LogP contribution in [0.3, 0.4) is 0 Å². The van der Waals surface area contributed by atoms with Crippen LogP contribution in [0.1, 0.15) is 18.0 Å². The number of carboxylic acid groups (broad SMARTS) is 1. The third-order valence-electron chi connectivity index (χ3n) is 5.82. The van der Waals surface area contributed by atoms with E-state index in [-0.39, 0.29) is 15.9 Å². The first-order valence-electron chi connectivity index (χ1n) is 11.0. The molecule has 9 N–H and O–H groups in total. The van der Waals surface area contributed by atoms with Gasteiger partial charge in [-0.3, -0.25) is 33.5 Å². The van der Waals surface area contributed by atoms with Crippen molar-refractivity contribution in [1.29, 1.82) is 0 Å². The highest BCUT2D eigenvalue weighted by Gasteiger charge is 2.44. The molecule has 38 heavy (non-hydrogen) atoms. The fourth-order valence-corrected chi connectivity index (χ4v) is 4.12. The molecule has 2 saturated heterocycles. The van der Waals surface area contributed by atoms with Crippen molar-refractivity contribution in [2.24, 2.45) is 0 Å². The molecule has 0 saturated carbocycles. The lowest BCUT2D eigenvalue weighted by Crippen LogP contribution is -2.39. The molecule has 210 valence electrons. The van der Waals surface area contributed by atoms with Gasteiger partial charge in [-0.25, -0.2) is 4.79 Å². The quantitative estimate of drug-likeness (QED) is 0.150.